The lowest BCUT2D eigenvalue weighted by molar-refractivity contribution is -0.387. The van der Waals surface area contributed by atoms with E-state index in [0.717, 1.165) is 43.2 Å². The third kappa shape index (κ3) is 4.81. The quantitative estimate of drug-likeness (QED) is 0.167. The van der Waals surface area contributed by atoms with Crippen LogP contribution in [0, 0.1) is 17.0 Å². The molecular weight excluding hydrogens is 537 g/mol. The van der Waals surface area contributed by atoms with Gasteiger partial charge in [0.1, 0.15) is 0 Å². The fourth-order valence-electron chi connectivity index (χ4n) is 5.21. The molecule has 8 heteroatoms. The highest BCUT2D eigenvalue weighted by atomic mass is 35.5. The number of nitrogens with one attached hydrogen (secondary N) is 2. The molecule has 5 aromatic rings. The molecule has 2 heterocycles. The minimum atomic E-state index is -0.290. The molecule has 0 spiro atoms. The minimum Gasteiger partial charge on any atom is -0.357 e. The largest absolute Gasteiger partial charge is 0.357 e. The zero-order valence-electron chi connectivity index (χ0n) is 20.5. The van der Waals surface area contributed by atoms with Crippen LogP contribution in [0.1, 0.15) is 39.9 Å². The van der Waals surface area contributed by atoms with E-state index < -0.39 is 0 Å². The van der Waals surface area contributed by atoms with Gasteiger partial charge in [0.15, 0.2) is 0 Å². The Kier molecular flexibility index (Phi) is 7.50. The Bertz CT molecular complexity index is 1630. The van der Waals surface area contributed by atoms with Gasteiger partial charge < -0.3 is 10.3 Å². The second kappa shape index (κ2) is 10.8. The number of aromatic nitrogens is 1. The van der Waals surface area contributed by atoms with Crippen LogP contribution in [0.4, 0.5) is 5.69 Å². The number of para-hydroxylation sites is 1. The summed E-state index contributed by atoms with van der Waals surface area (Å²) in [6.07, 6.45) is 0. The molecule has 1 aromatic heterocycles. The van der Waals surface area contributed by atoms with Crippen LogP contribution >= 0.6 is 35.8 Å². The number of nitro benzene ring substituents is 1. The van der Waals surface area contributed by atoms with Crippen molar-refractivity contribution in [2.45, 2.75) is 28.7 Å². The van der Waals surface area contributed by atoms with Crippen LogP contribution in [0.5, 0.6) is 0 Å². The first-order chi connectivity index (χ1) is 18.0. The van der Waals surface area contributed by atoms with Gasteiger partial charge in [-0.1, -0.05) is 83.5 Å². The van der Waals surface area contributed by atoms with E-state index >= 15 is 0 Å². The van der Waals surface area contributed by atoms with Crippen LogP contribution in [-0.4, -0.2) is 16.5 Å². The van der Waals surface area contributed by atoms with Gasteiger partial charge in [0.25, 0.3) is 5.69 Å². The van der Waals surface area contributed by atoms with Crippen molar-refractivity contribution in [3.63, 3.8) is 0 Å². The number of fused-ring (bicyclic) bond motifs is 3. The number of H-pyrrole nitrogens is 1. The number of aryl methyl sites for hydroxylation is 1. The third-order valence-corrected chi connectivity index (χ3v) is 8.40. The van der Waals surface area contributed by atoms with Crippen molar-refractivity contribution in [3.05, 3.63) is 134 Å². The average Bonchev–Trinajstić information content (AvgIpc) is 3.30. The Morgan fingerprint density at radius 2 is 1.71 bits per heavy atom. The van der Waals surface area contributed by atoms with Gasteiger partial charge in [-0.15, -0.1) is 12.4 Å². The van der Waals surface area contributed by atoms with Crippen LogP contribution in [0.15, 0.2) is 101 Å². The van der Waals surface area contributed by atoms with E-state index in [9.17, 15) is 10.1 Å². The number of hydrogen-bond donors (Lipinski definition) is 2. The van der Waals surface area contributed by atoms with Gasteiger partial charge in [0.05, 0.1) is 15.9 Å². The number of nitro groups is 1. The highest BCUT2D eigenvalue weighted by Crippen LogP contribution is 2.44. The topological polar surface area (TPSA) is 71.0 Å². The molecule has 2 atom stereocenters. The van der Waals surface area contributed by atoms with Crippen LogP contribution < -0.4 is 5.32 Å². The van der Waals surface area contributed by atoms with Gasteiger partial charge in [-0.05, 0) is 53.9 Å². The molecule has 2 unspecified atom stereocenters. The van der Waals surface area contributed by atoms with Crippen molar-refractivity contribution >= 4 is 52.4 Å². The Morgan fingerprint density at radius 1 is 0.974 bits per heavy atom. The molecule has 0 fully saturated rings. The fourth-order valence-corrected chi connectivity index (χ4v) is 6.38. The maximum atomic E-state index is 12.1. The van der Waals surface area contributed by atoms with E-state index in [2.05, 4.69) is 28.5 Å². The first-order valence-electron chi connectivity index (χ1n) is 12.1. The van der Waals surface area contributed by atoms with Crippen molar-refractivity contribution in [1.82, 2.24) is 10.3 Å². The van der Waals surface area contributed by atoms with Crippen LogP contribution in [0.2, 0.25) is 5.02 Å². The van der Waals surface area contributed by atoms with E-state index in [1.54, 1.807) is 6.07 Å². The summed E-state index contributed by atoms with van der Waals surface area (Å²) in [5.41, 5.74) is 6.43. The molecule has 1 aliphatic rings. The summed E-state index contributed by atoms with van der Waals surface area (Å²) in [6, 6.07) is 29.6. The maximum absolute atomic E-state index is 12.1. The first-order valence-corrected chi connectivity index (χ1v) is 13.3. The molecule has 192 valence electrons. The van der Waals surface area contributed by atoms with Crippen molar-refractivity contribution in [1.29, 1.82) is 0 Å². The summed E-state index contributed by atoms with van der Waals surface area (Å²) in [5.74, 6) is 0.0578. The molecule has 6 rings (SSSR count). The van der Waals surface area contributed by atoms with E-state index in [0.29, 0.717) is 11.4 Å². The van der Waals surface area contributed by atoms with E-state index in [-0.39, 0.29) is 35.0 Å². The second-order valence-corrected chi connectivity index (χ2v) is 10.8. The number of hydrogen-bond acceptors (Lipinski definition) is 4. The van der Waals surface area contributed by atoms with Gasteiger partial charge in [0, 0.05) is 45.0 Å². The van der Waals surface area contributed by atoms with Gasteiger partial charge in [-0.3, -0.25) is 10.1 Å². The van der Waals surface area contributed by atoms with E-state index in [1.807, 2.05) is 73.7 Å². The number of halogens is 2. The molecule has 4 aromatic carbocycles. The average molecular weight is 563 g/mol. The summed E-state index contributed by atoms with van der Waals surface area (Å²) in [7, 11) is 0. The van der Waals surface area contributed by atoms with Gasteiger partial charge in [-0.2, -0.15) is 0 Å². The van der Waals surface area contributed by atoms with Crippen molar-refractivity contribution < 1.29 is 4.92 Å². The second-order valence-electron chi connectivity index (χ2n) is 9.31. The lowest BCUT2D eigenvalue weighted by Crippen LogP contribution is -2.34. The number of aromatic amines is 1. The van der Waals surface area contributed by atoms with Crippen molar-refractivity contribution in [2.75, 3.05) is 6.54 Å². The molecule has 0 saturated carbocycles. The predicted molar refractivity (Wildman–Crippen MR) is 157 cm³/mol. The predicted octanol–water partition coefficient (Wildman–Crippen LogP) is 8.44. The maximum Gasteiger partial charge on any atom is 0.283 e. The van der Waals surface area contributed by atoms with E-state index in [1.165, 1.54) is 17.3 Å². The molecule has 0 bridgehead atoms. The van der Waals surface area contributed by atoms with Crippen LogP contribution in [0.3, 0.4) is 0 Å². The molecule has 1 aliphatic heterocycles. The van der Waals surface area contributed by atoms with Crippen LogP contribution in [-0.2, 0) is 0 Å². The Balaban J connectivity index is 0.00000294. The molecule has 0 saturated heterocycles. The summed E-state index contributed by atoms with van der Waals surface area (Å²) in [5, 5.41) is 17.6. The molecular formula is C30H25Cl2N3O2S. The molecule has 2 N–H and O–H groups in total. The highest BCUT2D eigenvalue weighted by molar-refractivity contribution is 7.99. The first kappa shape index (κ1) is 26.3. The smallest absolute Gasteiger partial charge is 0.283 e. The van der Waals surface area contributed by atoms with E-state index in [4.69, 9.17) is 11.6 Å². The molecule has 38 heavy (non-hydrogen) atoms. The van der Waals surface area contributed by atoms with Gasteiger partial charge >= 0.3 is 0 Å². The standard InChI is InChI=1S/C30H24ClN3O2S.ClH/c1-18-10-13-20(14-11-18)37-27-15-12-19(16-26(27)34(35)36)29-30-28(22-7-3-5-9-25(22)33-30)23(17-32-29)21-6-2-4-8-24(21)31;/h2-16,23,29,32-33H,17H2,1H3;1H. The third-order valence-electron chi connectivity index (χ3n) is 6.98. The highest BCUT2D eigenvalue weighted by Gasteiger charge is 2.34. The van der Waals surface area contributed by atoms with Crippen molar-refractivity contribution in [2.24, 2.45) is 0 Å². The lowest BCUT2D eigenvalue weighted by atomic mass is 9.83. The molecule has 0 amide bonds. The molecule has 0 radical (unpaired) electrons. The summed E-state index contributed by atoms with van der Waals surface area (Å²) >= 11 is 8.04. The van der Waals surface area contributed by atoms with Crippen LogP contribution in [0.25, 0.3) is 10.9 Å². The Hall–Kier alpha value is -3.29. The Morgan fingerprint density at radius 3 is 2.47 bits per heavy atom. The number of rotatable bonds is 5. The minimum absolute atomic E-state index is 0. The van der Waals surface area contributed by atoms with Crippen molar-refractivity contribution in [3.8, 4) is 0 Å². The summed E-state index contributed by atoms with van der Waals surface area (Å²) < 4.78 is 0. The number of nitrogens with zero attached hydrogens (tertiary/aromatic N) is 1. The van der Waals surface area contributed by atoms with Gasteiger partial charge in [0.2, 0.25) is 0 Å². The zero-order chi connectivity index (χ0) is 25.5. The monoisotopic (exact) mass is 561 g/mol. The molecule has 0 aliphatic carbocycles. The SMILES string of the molecule is Cc1ccc(Sc2ccc(C3NCC(c4ccccc4Cl)c4c3[nH]c3ccccc43)cc2[N+](=O)[O-])cc1.Cl. The summed E-state index contributed by atoms with van der Waals surface area (Å²) in [6.45, 7) is 2.69. The summed E-state index contributed by atoms with van der Waals surface area (Å²) in [4.78, 5) is 17.0. The molecule has 5 nitrogen and oxygen atoms in total. The fraction of sp³-hybridized carbons (Fsp3) is 0.133. The zero-order valence-corrected chi connectivity index (χ0v) is 22.9. The number of benzene rings is 4. The Labute approximate surface area is 236 Å². The normalized spacial score (nSPS) is 16.6. The van der Waals surface area contributed by atoms with Gasteiger partial charge in [-0.25, -0.2) is 0 Å². The lowest BCUT2D eigenvalue weighted by Gasteiger charge is -2.31.